The summed E-state index contributed by atoms with van der Waals surface area (Å²) < 4.78 is 4.75. The Kier molecular flexibility index (Phi) is 10.1. The highest BCUT2D eigenvalue weighted by Crippen LogP contribution is 2.44. The summed E-state index contributed by atoms with van der Waals surface area (Å²) in [5.41, 5.74) is 18.2. The minimum atomic E-state index is 0.702. The van der Waals surface area contributed by atoms with Gasteiger partial charge in [-0.15, -0.1) is 0 Å². The molecule has 0 atom stereocenters. The third kappa shape index (κ3) is 7.17. The number of anilines is 5. The molecule has 0 radical (unpaired) electrons. The number of rotatable bonds is 9. The van der Waals surface area contributed by atoms with Gasteiger partial charge in [-0.3, -0.25) is 0 Å². The predicted octanol–water partition coefficient (Wildman–Crippen LogP) is 17.9. The summed E-state index contributed by atoms with van der Waals surface area (Å²) in [6.45, 7) is 0. The first-order valence-electron chi connectivity index (χ1n) is 25.0. The number of nitrogens with zero attached hydrogens (tertiary/aromatic N) is 4. The van der Waals surface area contributed by atoms with Gasteiger partial charge in [0.15, 0.2) is 0 Å². The van der Waals surface area contributed by atoms with Crippen LogP contribution in [0.25, 0.3) is 82.6 Å². The molecule has 0 saturated carbocycles. The standard InChI is InChI=1S/C69H46N4/c1-3-22-52(23-4-1)72-66-31-15-12-28-60(66)62-46-56(42-44-68(62)72)70(64-30-14-9-20-50-18-7-10-26-58(50)64)54-38-34-48(35-39-54)49-36-40-55(41-37-49)71(65-33-17-21-51-19-8-11-27-59(51)65)57-43-45-69-63(47-57)61-29-13-16-32-67(61)73(69)53-24-5-2-6-25-53/h1-8,10-13,15-19,21-47H,20H2. The quantitative estimate of drug-likeness (QED) is 0.134. The molecular weight excluding hydrogens is 885 g/mol. The Balaban J connectivity index is 0.869. The second-order valence-electron chi connectivity index (χ2n) is 18.7. The molecule has 1 aliphatic rings. The summed E-state index contributed by atoms with van der Waals surface area (Å²) in [5.74, 6) is 6.80. The lowest BCUT2D eigenvalue weighted by Crippen LogP contribution is -2.16. The van der Waals surface area contributed by atoms with E-state index >= 15 is 0 Å². The second-order valence-corrected chi connectivity index (χ2v) is 18.7. The summed E-state index contributed by atoms with van der Waals surface area (Å²) in [6.07, 6.45) is 2.80. The summed E-state index contributed by atoms with van der Waals surface area (Å²) in [7, 11) is 0. The van der Waals surface area contributed by atoms with E-state index in [2.05, 4.69) is 298 Å². The number of fused-ring (bicyclic) bond motifs is 8. The summed E-state index contributed by atoms with van der Waals surface area (Å²) in [5, 5.41) is 7.24. The minimum absolute atomic E-state index is 0.702. The van der Waals surface area contributed by atoms with Crippen molar-refractivity contribution in [3.63, 3.8) is 0 Å². The van der Waals surface area contributed by atoms with Crippen LogP contribution in [0.2, 0.25) is 0 Å². The van der Waals surface area contributed by atoms with Crippen LogP contribution in [-0.2, 0) is 6.42 Å². The molecular formula is C69H46N4. The minimum Gasteiger partial charge on any atom is -0.310 e. The molecule has 4 heteroatoms. The highest BCUT2D eigenvalue weighted by atomic mass is 15.2. The van der Waals surface area contributed by atoms with Gasteiger partial charge in [0.2, 0.25) is 0 Å². The van der Waals surface area contributed by atoms with Crippen molar-refractivity contribution in [2.24, 2.45) is 0 Å². The first-order valence-corrected chi connectivity index (χ1v) is 25.0. The molecule has 0 unspecified atom stereocenters. The Bertz CT molecular complexity index is 4330. The molecule has 2 heterocycles. The van der Waals surface area contributed by atoms with Gasteiger partial charge in [0, 0.05) is 79.1 Å². The molecule has 0 spiro atoms. The normalized spacial score (nSPS) is 12.1. The van der Waals surface area contributed by atoms with Crippen LogP contribution in [0, 0.1) is 11.8 Å². The molecule has 0 fully saturated rings. The topological polar surface area (TPSA) is 16.3 Å². The Labute approximate surface area is 424 Å². The van der Waals surface area contributed by atoms with E-state index in [9.17, 15) is 0 Å². The van der Waals surface area contributed by atoms with E-state index in [1.165, 1.54) is 65.5 Å². The molecule has 0 saturated heterocycles. The van der Waals surface area contributed by atoms with E-state index in [0.29, 0.717) is 6.42 Å². The highest BCUT2D eigenvalue weighted by Gasteiger charge is 2.23. The second kappa shape index (κ2) is 17.5. The molecule has 0 aliphatic heterocycles. The van der Waals surface area contributed by atoms with Crippen molar-refractivity contribution in [2.45, 2.75) is 6.42 Å². The lowest BCUT2D eigenvalue weighted by Gasteiger charge is -2.29. The average Bonchev–Trinajstić information content (AvgIpc) is 3.88. The van der Waals surface area contributed by atoms with Crippen LogP contribution < -0.4 is 9.80 Å². The van der Waals surface area contributed by atoms with Crippen LogP contribution >= 0.6 is 0 Å². The molecule has 2 aromatic heterocycles. The zero-order valence-electron chi connectivity index (χ0n) is 39.9. The van der Waals surface area contributed by atoms with Gasteiger partial charge < -0.3 is 18.9 Å². The van der Waals surface area contributed by atoms with Crippen LogP contribution in [-0.4, -0.2) is 9.13 Å². The molecule has 1 aliphatic carbocycles. The molecule has 73 heavy (non-hydrogen) atoms. The van der Waals surface area contributed by atoms with Gasteiger partial charge in [0.1, 0.15) is 0 Å². The smallest absolute Gasteiger partial charge is 0.0620 e. The van der Waals surface area contributed by atoms with Crippen LogP contribution in [0.1, 0.15) is 11.1 Å². The highest BCUT2D eigenvalue weighted by molar-refractivity contribution is 6.12. The SMILES string of the molecule is C1#CCc2ccccc2C(N(c2ccc(-c3ccc(N(c4ccc5c(c4)c4ccccc4n5-c4ccccc4)c4cccc5ccccc45)cc3)cc2)c2ccc3c(c2)c2ccccc2n3-c2ccccc2)=C1. The molecule has 0 N–H and O–H groups in total. The van der Waals surface area contributed by atoms with Gasteiger partial charge >= 0.3 is 0 Å². The summed E-state index contributed by atoms with van der Waals surface area (Å²) >= 11 is 0. The number of hydrogen-bond acceptors (Lipinski definition) is 2. The van der Waals surface area contributed by atoms with Crippen molar-refractivity contribution in [2.75, 3.05) is 9.80 Å². The Hall–Kier alpha value is -9.82. The summed E-state index contributed by atoms with van der Waals surface area (Å²) in [6, 6.07) is 94.6. The Morgan fingerprint density at radius 2 is 0.808 bits per heavy atom. The average molecular weight is 931 g/mol. The number of hydrogen-bond donors (Lipinski definition) is 0. The molecule has 4 nitrogen and oxygen atoms in total. The Morgan fingerprint density at radius 3 is 1.42 bits per heavy atom. The molecule has 0 bridgehead atoms. The number of aromatic nitrogens is 2. The zero-order valence-corrected chi connectivity index (χ0v) is 39.9. The molecule has 0 amide bonds. The van der Waals surface area contributed by atoms with E-state index in [1.807, 2.05) is 0 Å². The van der Waals surface area contributed by atoms with Crippen LogP contribution in [0.15, 0.2) is 267 Å². The monoisotopic (exact) mass is 930 g/mol. The first kappa shape index (κ1) is 42.1. The van der Waals surface area contributed by atoms with Crippen molar-refractivity contribution < 1.29 is 0 Å². The summed E-state index contributed by atoms with van der Waals surface area (Å²) in [4.78, 5) is 4.80. The lowest BCUT2D eigenvalue weighted by atomic mass is 10.00. The number of benzene rings is 11. The van der Waals surface area contributed by atoms with Crippen molar-refractivity contribution in [1.29, 1.82) is 0 Å². The van der Waals surface area contributed by atoms with Gasteiger partial charge in [-0.25, -0.2) is 0 Å². The Morgan fingerprint density at radius 1 is 0.342 bits per heavy atom. The van der Waals surface area contributed by atoms with E-state index in [-0.39, 0.29) is 0 Å². The number of allylic oxidation sites excluding steroid dienone is 1. The lowest BCUT2D eigenvalue weighted by molar-refractivity contribution is 1.18. The fourth-order valence-corrected chi connectivity index (χ4v) is 11.2. The predicted molar refractivity (Wildman–Crippen MR) is 307 cm³/mol. The van der Waals surface area contributed by atoms with Crippen molar-refractivity contribution >= 4 is 88.5 Å². The van der Waals surface area contributed by atoms with Gasteiger partial charge in [0.25, 0.3) is 0 Å². The third-order valence-electron chi connectivity index (χ3n) is 14.6. The van der Waals surface area contributed by atoms with Crippen molar-refractivity contribution in [3.8, 4) is 34.3 Å². The molecule has 13 aromatic rings. The van der Waals surface area contributed by atoms with E-state index in [1.54, 1.807) is 0 Å². The van der Waals surface area contributed by atoms with E-state index < -0.39 is 0 Å². The van der Waals surface area contributed by atoms with Crippen molar-refractivity contribution in [1.82, 2.24) is 9.13 Å². The van der Waals surface area contributed by atoms with E-state index in [4.69, 9.17) is 0 Å². The largest absolute Gasteiger partial charge is 0.310 e. The van der Waals surface area contributed by atoms with Gasteiger partial charge in [-0.1, -0.05) is 170 Å². The van der Waals surface area contributed by atoms with Crippen LogP contribution in [0.5, 0.6) is 0 Å². The fraction of sp³-hybridized carbons (Fsp3) is 0.0145. The van der Waals surface area contributed by atoms with Crippen LogP contribution in [0.4, 0.5) is 28.4 Å². The van der Waals surface area contributed by atoms with Gasteiger partial charge in [0.05, 0.1) is 33.5 Å². The molecule has 342 valence electrons. The van der Waals surface area contributed by atoms with Gasteiger partial charge in [-0.05, 0) is 125 Å². The van der Waals surface area contributed by atoms with E-state index in [0.717, 1.165) is 56.6 Å². The van der Waals surface area contributed by atoms with Crippen molar-refractivity contribution in [3.05, 3.63) is 278 Å². The first-order chi connectivity index (χ1) is 36.2. The maximum absolute atomic E-state index is 3.40. The van der Waals surface area contributed by atoms with Gasteiger partial charge in [-0.2, -0.15) is 0 Å². The van der Waals surface area contributed by atoms with Crippen LogP contribution in [0.3, 0.4) is 0 Å². The fourth-order valence-electron chi connectivity index (χ4n) is 11.2. The molecule has 14 rings (SSSR count). The number of para-hydroxylation sites is 4. The third-order valence-corrected chi connectivity index (χ3v) is 14.6. The molecule has 11 aromatic carbocycles. The maximum Gasteiger partial charge on any atom is 0.0620 e. The maximum atomic E-state index is 3.40. The zero-order chi connectivity index (χ0) is 48.2.